The number of hydrogen-bond acceptors (Lipinski definition) is 6. The monoisotopic (exact) mass is 228 g/mol. The molecule has 0 heterocycles. The van der Waals surface area contributed by atoms with Crippen molar-refractivity contribution in [1.82, 2.24) is 0 Å². The molecule has 0 amide bonds. The van der Waals surface area contributed by atoms with Crippen LogP contribution in [0.15, 0.2) is 11.6 Å². The highest BCUT2D eigenvalue weighted by atomic mass is 16.6. The lowest BCUT2D eigenvalue weighted by molar-refractivity contribution is -0.156. The molecule has 0 unspecified atom stereocenters. The number of ketones is 1. The van der Waals surface area contributed by atoms with E-state index in [1.807, 2.05) is 0 Å². The van der Waals surface area contributed by atoms with Crippen LogP contribution < -0.4 is 0 Å². The summed E-state index contributed by atoms with van der Waals surface area (Å²) in [7, 11) is 1.18. The topological polar surface area (TPSA) is 89.9 Å². The number of carbonyl (C=O) groups is 3. The van der Waals surface area contributed by atoms with Crippen molar-refractivity contribution in [2.45, 2.75) is 25.6 Å². The first kappa shape index (κ1) is 12.4. The Balaban J connectivity index is 2.85. The largest absolute Gasteiger partial charge is 0.466 e. The average Bonchev–Trinajstić information content (AvgIpc) is 2.22. The molecule has 0 bridgehead atoms. The number of ether oxygens (including phenoxy) is 2. The summed E-state index contributed by atoms with van der Waals surface area (Å²) in [6, 6.07) is 0. The highest BCUT2D eigenvalue weighted by Gasteiger charge is 2.35. The molecular weight excluding hydrogens is 216 g/mol. The lowest BCUT2D eigenvalue weighted by Crippen LogP contribution is -2.40. The van der Waals surface area contributed by atoms with Gasteiger partial charge in [-0.25, -0.2) is 4.79 Å². The number of hydrogen-bond donors (Lipinski definition) is 1. The highest BCUT2D eigenvalue weighted by molar-refractivity contribution is 6.03. The van der Waals surface area contributed by atoms with Crippen molar-refractivity contribution in [2.24, 2.45) is 0 Å². The van der Waals surface area contributed by atoms with Gasteiger partial charge in [0, 0.05) is 18.9 Å². The zero-order valence-electron chi connectivity index (χ0n) is 8.93. The summed E-state index contributed by atoms with van der Waals surface area (Å²) < 4.78 is 9.19. The Hall–Kier alpha value is -1.69. The van der Waals surface area contributed by atoms with Crippen molar-refractivity contribution >= 4 is 17.7 Å². The number of aliphatic hydroxyl groups excluding tert-OH is 1. The fraction of sp³-hybridized carbons (Fsp3) is 0.500. The Labute approximate surface area is 91.8 Å². The Morgan fingerprint density at radius 2 is 2.12 bits per heavy atom. The first-order chi connectivity index (χ1) is 7.45. The number of aliphatic hydroxyl groups is 1. The van der Waals surface area contributed by atoms with Gasteiger partial charge in [0.15, 0.2) is 11.9 Å². The smallest absolute Gasteiger partial charge is 0.333 e. The van der Waals surface area contributed by atoms with Gasteiger partial charge < -0.3 is 14.6 Å². The average molecular weight is 228 g/mol. The second kappa shape index (κ2) is 4.89. The molecule has 0 aromatic heterocycles. The summed E-state index contributed by atoms with van der Waals surface area (Å²) in [5.41, 5.74) is 0.0871. The molecule has 6 nitrogen and oxygen atoms in total. The van der Waals surface area contributed by atoms with Crippen molar-refractivity contribution in [3.8, 4) is 0 Å². The van der Waals surface area contributed by atoms with E-state index in [1.165, 1.54) is 7.11 Å². The molecule has 1 aliphatic rings. The van der Waals surface area contributed by atoms with Crippen LogP contribution >= 0.6 is 0 Å². The van der Waals surface area contributed by atoms with Gasteiger partial charge in [-0.05, 0) is 6.08 Å². The van der Waals surface area contributed by atoms with Crippen LogP contribution in [0.2, 0.25) is 0 Å². The van der Waals surface area contributed by atoms with Crippen LogP contribution in [-0.4, -0.2) is 42.1 Å². The first-order valence-corrected chi connectivity index (χ1v) is 4.63. The van der Waals surface area contributed by atoms with E-state index >= 15 is 0 Å². The molecule has 0 fully saturated rings. The van der Waals surface area contributed by atoms with Crippen molar-refractivity contribution in [1.29, 1.82) is 0 Å². The van der Waals surface area contributed by atoms with E-state index in [2.05, 4.69) is 4.74 Å². The van der Waals surface area contributed by atoms with Gasteiger partial charge in [0.05, 0.1) is 7.11 Å². The van der Waals surface area contributed by atoms with E-state index < -0.39 is 29.9 Å². The van der Waals surface area contributed by atoms with Crippen molar-refractivity contribution in [2.75, 3.05) is 7.11 Å². The quantitative estimate of drug-likeness (QED) is 0.632. The molecule has 1 aliphatic carbocycles. The summed E-state index contributed by atoms with van der Waals surface area (Å²) in [6.07, 6.45) is -1.46. The predicted octanol–water partition coefficient (Wildman–Crippen LogP) is -0.649. The summed E-state index contributed by atoms with van der Waals surface area (Å²) in [6.45, 7) is 1.16. The van der Waals surface area contributed by atoms with Gasteiger partial charge in [-0.2, -0.15) is 0 Å². The Kier molecular flexibility index (Phi) is 3.78. The normalized spacial score (nSPS) is 24.7. The standard InChI is InChI=1S/C10H12O6/c1-5(11)16-8-4-6(10(14)15-2)3-7(12)9(8)13/h3,8-9,13H,4H2,1-2H3/t8-,9-/m1/s1. The molecule has 1 rings (SSSR count). The maximum absolute atomic E-state index is 11.3. The second-order valence-corrected chi connectivity index (χ2v) is 3.36. The minimum atomic E-state index is -1.42. The third-order valence-electron chi connectivity index (χ3n) is 2.15. The minimum absolute atomic E-state index is 0.0286. The van der Waals surface area contributed by atoms with Crippen LogP contribution in [0.25, 0.3) is 0 Å². The van der Waals surface area contributed by atoms with Gasteiger partial charge in [-0.1, -0.05) is 0 Å². The molecule has 88 valence electrons. The van der Waals surface area contributed by atoms with E-state index in [0.29, 0.717) is 0 Å². The summed E-state index contributed by atoms with van der Waals surface area (Å²) in [4.78, 5) is 33.2. The summed E-state index contributed by atoms with van der Waals surface area (Å²) in [5.74, 6) is -1.96. The first-order valence-electron chi connectivity index (χ1n) is 4.63. The molecule has 16 heavy (non-hydrogen) atoms. The fourth-order valence-electron chi connectivity index (χ4n) is 1.42. The molecule has 0 aromatic rings. The van der Waals surface area contributed by atoms with E-state index in [-0.39, 0.29) is 12.0 Å². The third-order valence-corrected chi connectivity index (χ3v) is 2.15. The van der Waals surface area contributed by atoms with E-state index in [4.69, 9.17) is 4.74 Å². The lowest BCUT2D eigenvalue weighted by Gasteiger charge is -2.25. The molecule has 0 radical (unpaired) electrons. The van der Waals surface area contributed by atoms with Crippen molar-refractivity contribution in [3.05, 3.63) is 11.6 Å². The molecule has 0 aliphatic heterocycles. The molecule has 0 saturated heterocycles. The van der Waals surface area contributed by atoms with E-state index in [1.54, 1.807) is 0 Å². The third kappa shape index (κ3) is 2.66. The minimum Gasteiger partial charge on any atom is -0.466 e. The van der Waals surface area contributed by atoms with Gasteiger partial charge >= 0.3 is 11.9 Å². The fourth-order valence-corrected chi connectivity index (χ4v) is 1.42. The molecule has 1 N–H and O–H groups in total. The van der Waals surface area contributed by atoms with Gasteiger partial charge in [0.25, 0.3) is 0 Å². The van der Waals surface area contributed by atoms with Gasteiger partial charge in [-0.15, -0.1) is 0 Å². The zero-order chi connectivity index (χ0) is 12.3. The van der Waals surface area contributed by atoms with Gasteiger partial charge in [0.2, 0.25) is 0 Å². The number of rotatable bonds is 2. The maximum Gasteiger partial charge on any atom is 0.333 e. The maximum atomic E-state index is 11.3. The molecule has 0 saturated carbocycles. The van der Waals surface area contributed by atoms with Crippen LogP contribution in [0, 0.1) is 0 Å². The Morgan fingerprint density at radius 3 is 2.62 bits per heavy atom. The molecule has 6 heteroatoms. The molecule has 0 spiro atoms. The number of esters is 2. The van der Waals surface area contributed by atoms with Crippen molar-refractivity contribution < 1.29 is 29.0 Å². The lowest BCUT2D eigenvalue weighted by atomic mass is 9.93. The van der Waals surface area contributed by atoms with Crippen LogP contribution in [0.3, 0.4) is 0 Å². The molecule has 2 atom stereocenters. The highest BCUT2D eigenvalue weighted by Crippen LogP contribution is 2.20. The van der Waals surface area contributed by atoms with Crippen LogP contribution in [0.5, 0.6) is 0 Å². The molecule has 0 aromatic carbocycles. The summed E-state index contributed by atoms with van der Waals surface area (Å²) in [5, 5.41) is 9.44. The SMILES string of the molecule is COC(=O)C1=CC(=O)[C@@H](O)[C@H](OC(C)=O)C1. The Bertz CT molecular complexity index is 356. The Morgan fingerprint density at radius 1 is 1.50 bits per heavy atom. The van der Waals surface area contributed by atoms with Crippen LogP contribution in [0.1, 0.15) is 13.3 Å². The van der Waals surface area contributed by atoms with Crippen LogP contribution in [-0.2, 0) is 23.9 Å². The van der Waals surface area contributed by atoms with Crippen molar-refractivity contribution in [3.63, 3.8) is 0 Å². The predicted molar refractivity (Wildman–Crippen MR) is 51.3 cm³/mol. The summed E-state index contributed by atoms with van der Waals surface area (Å²) >= 11 is 0. The van der Waals surface area contributed by atoms with E-state index in [0.717, 1.165) is 13.0 Å². The number of carbonyl (C=O) groups excluding carboxylic acids is 3. The van der Waals surface area contributed by atoms with Crippen LogP contribution in [0.4, 0.5) is 0 Å². The number of methoxy groups -OCH3 is 1. The van der Waals surface area contributed by atoms with Gasteiger partial charge in [0.1, 0.15) is 6.10 Å². The molecular formula is C10H12O6. The van der Waals surface area contributed by atoms with E-state index in [9.17, 15) is 19.5 Å². The van der Waals surface area contributed by atoms with Gasteiger partial charge in [-0.3, -0.25) is 9.59 Å². The second-order valence-electron chi connectivity index (χ2n) is 3.36. The zero-order valence-corrected chi connectivity index (χ0v) is 8.93.